The van der Waals surface area contributed by atoms with E-state index < -0.39 is 6.10 Å². The molecule has 0 amide bonds. The summed E-state index contributed by atoms with van der Waals surface area (Å²) in [5.74, 6) is 0.803. The molecule has 1 aliphatic rings. The minimum absolute atomic E-state index is 0. The Morgan fingerprint density at radius 2 is 2.04 bits per heavy atom. The average molecular weight is 472 g/mol. The second-order valence-corrected chi connectivity index (χ2v) is 6.57. The maximum Gasteiger partial charge on any atom is 0.191 e. The lowest BCUT2D eigenvalue weighted by atomic mass is 10.1. The van der Waals surface area contributed by atoms with Crippen LogP contribution in [-0.2, 0) is 6.42 Å². The van der Waals surface area contributed by atoms with Crippen molar-refractivity contribution in [3.8, 4) is 0 Å². The van der Waals surface area contributed by atoms with Crippen molar-refractivity contribution >= 4 is 29.9 Å². The Balaban J connectivity index is 0.00000338. The largest absolute Gasteiger partial charge is 0.391 e. The Labute approximate surface area is 175 Å². The number of nitrogens with zero attached hydrogens (tertiary/aromatic N) is 2. The predicted octanol–water partition coefficient (Wildman–Crippen LogP) is 2.41. The second kappa shape index (κ2) is 13.1. The minimum Gasteiger partial charge on any atom is -0.391 e. The molecule has 0 aliphatic carbocycles. The van der Waals surface area contributed by atoms with Gasteiger partial charge in [0, 0.05) is 38.6 Å². The summed E-state index contributed by atoms with van der Waals surface area (Å²) in [6, 6.07) is 10.5. The highest BCUT2D eigenvalue weighted by Gasteiger charge is 2.19. The highest BCUT2D eigenvalue weighted by Crippen LogP contribution is 2.10. The Kier molecular flexibility index (Phi) is 11.6. The van der Waals surface area contributed by atoms with E-state index in [2.05, 4.69) is 34.0 Å². The van der Waals surface area contributed by atoms with Crippen molar-refractivity contribution in [3.05, 3.63) is 48.6 Å². The van der Waals surface area contributed by atoms with E-state index in [1.165, 1.54) is 0 Å². The van der Waals surface area contributed by atoms with Gasteiger partial charge in [-0.15, -0.1) is 30.6 Å². The lowest BCUT2D eigenvalue weighted by molar-refractivity contribution is 0.183. The third-order valence-corrected chi connectivity index (χ3v) is 4.43. The van der Waals surface area contributed by atoms with E-state index in [-0.39, 0.29) is 24.0 Å². The molecule has 0 bridgehead atoms. The molecular formula is C20H33IN4O. The lowest BCUT2D eigenvalue weighted by Gasteiger charge is -2.32. The van der Waals surface area contributed by atoms with Gasteiger partial charge in [0.25, 0.3) is 0 Å². The molecule has 1 heterocycles. The molecular weight excluding hydrogens is 439 g/mol. The predicted molar refractivity (Wildman–Crippen MR) is 120 cm³/mol. The summed E-state index contributed by atoms with van der Waals surface area (Å²) in [5.41, 5.74) is 1.14. The first-order valence-corrected chi connectivity index (χ1v) is 9.31. The molecule has 1 saturated heterocycles. The molecule has 0 aromatic heterocycles. The second-order valence-electron chi connectivity index (χ2n) is 6.57. The van der Waals surface area contributed by atoms with Crippen LogP contribution < -0.4 is 10.6 Å². The molecule has 3 N–H and O–H groups in total. The number of aliphatic imine (C=N–C) groups is 1. The molecule has 2 rings (SSSR count). The van der Waals surface area contributed by atoms with Crippen molar-refractivity contribution in [2.45, 2.75) is 38.3 Å². The van der Waals surface area contributed by atoms with Crippen LogP contribution in [0.5, 0.6) is 0 Å². The Morgan fingerprint density at radius 1 is 1.35 bits per heavy atom. The number of piperidine rings is 1. The molecule has 1 fully saturated rings. The average Bonchev–Trinajstić information content (AvgIpc) is 2.63. The molecule has 1 aliphatic heterocycles. The zero-order chi connectivity index (χ0) is 17.9. The highest BCUT2D eigenvalue weighted by atomic mass is 127. The number of guanidine groups is 1. The van der Waals surface area contributed by atoms with Crippen molar-refractivity contribution in [2.24, 2.45) is 4.99 Å². The standard InChI is InChI=1S/C20H32N4O.HI/c1-3-12-24-13-10-18(11-14-24)23-20(21-4-2)22-16-19(25)15-17-8-6-5-7-9-17;/h3,5-9,18-19,25H,1,4,10-16H2,2H3,(H2,21,22,23);1H. The maximum absolute atomic E-state index is 10.2. The molecule has 1 unspecified atom stereocenters. The fraction of sp³-hybridized carbons (Fsp3) is 0.550. The summed E-state index contributed by atoms with van der Waals surface area (Å²) in [6.45, 7) is 10.2. The number of aliphatic hydroxyl groups is 1. The molecule has 0 spiro atoms. The molecule has 1 aromatic rings. The van der Waals surface area contributed by atoms with Crippen LogP contribution in [-0.4, -0.2) is 60.8 Å². The number of benzene rings is 1. The molecule has 6 heteroatoms. The van der Waals surface area contributed by atoms with Gasteiger partial charge < -0.3 is 15.7 Å². The number of aliphatic hydroxyl groups excluding tert-OH is 1. The molecule has 0 saturated carbocycles. The third-order valence-electron chi connectivity index (χ3n) is 4.43. The van der Waals surface area contributed by atoms with Crippen molar-refractivity contribution in [3.63, 3.8) is 0 Å². The van der Waals surface area contributed by atoms with Crippen LogP contribution in [0.15, 0.2) is 48.0 Å². The van der Waals surface area contributed by atoms with E-state index in [1.807, 2.05) is 36.4 Å². The molecule has 146 valence electrons. The monoisotopic (exact) mass is 472 g/mol. The van der Waals surface area contributed by atoms with Gasteiger partial charge in [-0.05, 0) is 25.3 Å². The SMILES string of the molecule is C=CCN1CCC(NC(=NCC(O)Cc2ccccc2)NCC)CC1.I. The molecule has 26 heavy (non-hydrogen) atoms. The van der Waals surface area contributed by atoms with Gasteiger partial charge in [0.1, 0.15) is 0 Å². The summed E-state index contributed by atoms with van der Waals surface area (Å²) in [4.78, 5) is 6.99. The van der Waals surface area contributed by atoms with Crippen LogP contribution in [0, 0.1) is 0 Å². The van der Waals surface area contributed by atoms with Crippen molar-refractivity contribution < 1.29 is 5.11 Å². The minimum atomic E-state index is -0.465. The molecule has 0 radical (unpaired) electrons. The molecule has 1 aromatic carbocycles. The quantitative estimate of drug-likeness (QED) is 0.236. The van der Waals surface area contributed by atoms with Gasteiger partial charge in [-0.1, -0.05) is 36.4 Å². The van der Waals surface area contributed by atoms with Gasteiger partial charge in [-0.2, -0.15) is 0 Å². The van der Waals surface area contributed by atoms with E-state index >= 15 is 0 Å². The summed E-state index contributed by atoms with van der Waals surface area (Å²) >= 11 is 0. The third kappa shape index (κ3) is 8.51. The van der Waals surface area contributed by atoms with E-state index in [1.54, 1.807) is 0 Å². The van der Waals surface area contributed by atoms with E-state index in [0.29, 0.717) is 19.0 Å². The zero-order valence-electron chi connectivity index (χ0n) is 15.7. The normalized spacial score (nSPS) is 17.2. The molecule has 1 atom stereocenters. The lowest BCUT2D eigenvalue weighted by Crippen LogP contribution is -2.48. The van der Waals surface area contributed by atoms with Crippen molar-refractivity contribution in [1.29, 1.82) is 0 Å². The fourth-order valence-corrected chi connectivity index (χ4v) is 3.10. The topological polar surface area (TPSA) is 59.9 Å². The number of hydrogen-bond donors (Lipinski definition) is 3. The number of halogens is 1. The first-order valence-electron chi connectivity index (χ1n) is 9.31. The van der Waals surface area contributed by atoms with Crippen LogP contribution in [0.25, 0.3) is 0 Å². The van der Waals surface area contributed by atoms with Crippen molar-refractivity contribution in [1.82, 2.24) is 15.5 Å². The van der Waals surface area contributed by atoms with Gasteiger partial charge in [0.05, 0.1) is 12.6 Å². The smallest absolute Gasteiger partial charge is 0.191 e. The zero-order valence-corrected chi connectivity index (χ0v) is 18.1. The Bertz CT molecular complexity index is 530. The Hall–Kier alpha value is -1.12. The van der Waals surface area contributed by atoms with E-state index in [4.69, 9.17) is 0 Å². The number of likely N-dealkylation sites (tertiary alicyclic amines) is 1. The maximum atomic E-state index is 10.2. The van der Waals surface area contributed by atoms with E-state index in [0.717, 1.165) is 50.5 Å². The van der Waals surface area contributed by atoms with Crippen LogP contribution in [0.4, 0.5) is 0 Å². The summed E-state index contributed by atoms with van der Waals surface area (Å²) in [7, 11) is 0. The van der Waals surface area contributed by atoms with Gasteiger partial charge in [-0.25, -0.2) is 0 Å². The highest BCUT2D eigenvalue weighted by molar-refractivity contribution is 14.0. The first kappa shape index (κ1) is 22.9. The summed E-state index contributed by atoms with van der Waals surface area (Å²) < 4.78 is 0. The molecule has 5 nitrogen and oxygen atoms in total. The van der Waals surface area contributed by atoms with Gasteiger partial charge in [-0.3, -0.25) is 9.89 Å². The van der Waals surface area contributed by atoms with Crippen LogP contribution >= 0.6 is 24.0 Å². The van der Waals surface area contributed by atoms with Crippen molar-refractivity contribution in [2.75, 3.05) is 32.7 Å². The first-order chi connectivity index (χ1) is 12.2. The van der Waals surface area contributed by atoms with E-state index in [9.17, 15) is 5.11 Å². The fourth-order valence-electron chi connectivity index (χ4n) is 3.10. The summed E-state index contributed by atoms with van der Waals surface area (Å²) in [5, 5.41) is 17.0. The van der Waals surface area contributed by atoms with Crippen LogP contribution in [0.2, 0.25) is 0 Å². The van der Waals surface area contributed by atoms with Gasteiger partial charge in [0.2, 0.25) is 0 Å². The Morgan fingerprint density at radius 3 is 2.65 bits per heavy atom. The van der Waals surface area contributed by atoms with Gasteiger partial charge in [0.15, 0.2) is 5.96 Å². The number of rotatable bonds is 8. The van der Waals surface area contributed by atoms with Gasteiger partial charge >= 0.3 is 0 Å². The van der Waals surface area contributed by atoms with Crippen LogP contribution in [0.3, 0.4) is 0 Å². The number of hydrogen-bond acceptors (Lipinski definition) is 3. The van der Waals surface area contributed by atoms with Crippen LogP contribution in [0.1, 0.15) is 25.3 Å². The summed E-state index contributed by atoms with van der Waals surface area (Å²) in [6.07, 6.45) is 4.33. The number of nitrogens with one attached hydrogen (secondary N) is 2.